The number of carbonyl (C=O) groups is 1. The average molecular weight is 295 g/mol. The molecule has 110 valence electrons. The molecular formula is C18H14FNO2. The molecule has 1 aromatic heterocycles. The van der Waals surface area contributed by atoms with Crippen molar-refractivity contribution in [3.05, 3.63) is 71.2 Å². The van der Waals surface area contributed by atoms with Crippen LogP contribution in [0.25, 0.3) is 10.9 Å². The highest BCUT2D eigenvalue weighted by molar-refractivity contribution is 5.95. The molecule has 2 aromatic carbocycles. The zero-order chi connectivity index (χ0) is 15.7. The van der Waals surface area contributed by atoms with Crippen LogP contribution in [0.3, 0.4) is 0 Å². The van der Waals surface area contributed by atoms with Crippen molar-refractivity contribution in [3.63, 3.8) is 0 Å². The van der Waals surface area contributed by atoms with Crippen LogP contribution in [0.2, 0.25) is 0 Å². The first-order valence-corrected chi connectivity index (χ1v) is 6.90. The number of carbonyl (C=O) groups excluding carboxylic acids is 1. The number of hydrogen-bond acceptors (Lipinski definition) is 3. The van der Waals surface area contributed by atoms with Crippen molar-refractivity contribution in [2.45, 2.75) is 13.8 Å². The Labute approximate surface area is 127 Å². The Hall–Kier alpha value is -2.75. The van der Waals surface area contributed by atoms with Crippen LogP contribution < -0.4 is 4.74 Å². The summed E-state index contributed by atoms with van der Waals surface area (Å²) in [6, 6.07) is 13.0. The van der Waals surface area contributed by atoms with Crippen molar-refractivity contribution in [1.29, 1.82) is 0 Å². The maximum Gasteiger partial charge on any atom is 0.343 e. The van der Waals surface area contributed by atoms with Crippen molar-refractivity contribution in [1.82, 2.24) is 4.98 Å². The fourth-order valence-corrected chi connectivity index (χ4v) is 2.28. The van der Waals surface area contributed by atoms with Gasteiger partial charge in [-0.25, -0.2) is 9.18 Å². The number of benzene rings is 2. The van der Waals surface area contributed by atoms with Crippen molar-refractivity contribution >= 4 is 16.9 Å². The third-order valence-electron chi connectivity index (χ3n) is 3.58. The summed E-state index contributed by atoms with van der Waals surface area (Å²) >= 11 is 0. The summed E-state index contributed by atoms with van der Waals surface area (Å²) in [5, 5.41) is 0.493. The van der Waals surface area contributed by atoms with Gasteiger partial charge in [-0.15, -0.1) is 0 Å². The minimum Gasteiger partial charge on any atom is -0.422 e. The van der Waals surface area contributed by atoms with Gasteiger partial charge in [0, 0.05) is 16.6 Å². The van der Waals surface area contributed by atoms with Crippen LogP contribution in [0.5, 0.6) is 5.75 Å². The first-order valence-electron chi connectivity index (χ1n) is 6.90. The maximum absolute atomic E-state index is 13.5. The summed E-state index contributed by atoms with van der Waals surface area (Å²) in [7, 11) is 0. The van der Waals surface area contributed by atoms with Crippen molar-refractivity contribution in [2.24, 2.45) is 0 Å². The van der Waals surface area contributed by atoms with Crippen LogP contribution in [-0.4, -0.2) is 11.0 Å². The third kappa shape index (κ3) is 2.55. The predicted octanol–water partition coefficient (Wildman–Crippen LogP) is 4.21. The van der Waals surface area contributed by atoms with Gasteiger partial charge in [-0.2, -0.15) is 0 Å². The number of aryl methyl sites for hydroxylation is 1. The highest BCUT2D eigenvalue weighted by atomic mass is 19.1. The molecule has 0 aliphatic carbocycles. The van der Waals surface area contributed by atoms with Crippen LogP contribution in [0, 0.1) is 19.7 Å². The first-order chi connectivity index (χ1) is 10.6. The minimum atomic E-state index is -0.472. The summed E-state index contributed by atoms with van der Waals surface area (Å²) < 4.78 is 19.1. The Bertz CT molecular complexity index is 860. The molecule has 0 saturated heterocycles. The summed E-state index contributed by atoms with van der Waals surface area (Å²) in [5.74, 6) is -0.509. The number of aromatic nitrogens is 1. The molecule has 3 rings (SSSR count). The van der Waals surface area contributed by atoms with Gasteiger partial charge in [-0.1, -0.05) is 18.2 Å². The van der Waals surface area contributed by atoms with Gasteiger partial charge in [0.1, 0.15) is 11.6 Å². The molecule has 0 aliphatic rings. The SMILES string of the molecule is Cc1nc2ccc(F)cc2c(OC(=O)c2ccccc2)c1C. The van der Waals surface area contributed by atoms with Crippen LogP contribution in [-0.2, 0) is 0 Å². The third-order valence-corrected chi connectivity index (χ3v) is 3.58. The lowest BCUT2D eigenvalue weighted by atomic mass is 10.1. The van der Waals surface area contributed by atoms with Gasteiger partial charge in [0.2, 0.25) is 0 Å². The molecule has 0 aliphatic heterocycles. The van der Waals surface area contributed by atoms with Crippen molar-refractivity contribution in [2.75, 3.05) is 0 Å². The molecule has 0 amide bonds. The molecule has 0 radical (unpaired) electrons. The number of hydrogen-bond donors (Lipinski definition) is 0. The number of ether oxygens (including phenoxy) is 1. The molecule has 0 fully saturated rings. The Morgan fingerprint density at radius 1 is 1.09 bits per heavy atom. The van der Waals surface area contributed by atoms with Gasteiger partial charge < -0.3 is 4.74 Å². The second-order valence-electron chi connectivity index (χ2n) is 5.07. The van der Waals surface area contributed by atoms with Gasteiger partial charge in [-0.3, -0.25) is 4.98 Å². The normalized spacial score (nSPS) is 10.7. The van der Waals surface area contributed by atoms with Crippen LogP contribution in [0.1, 0.15) is 21.6 Å². The molecule has 0 unspecified atom stereocenters. The standard InChI is InChI=1S/C18H14FNO2/c1-11-12(2)20-16-9-8-14(19)10-15(16)17(11)22-18(21)13-6-4-3-5-7-13/h3-10H,1-2H3. The summed E-state index contributed by atoms with van der Waals surface area (Å²) in [5.41, 5.74) is 2.51. The Balaban J connectivity index is 2.11. The fraction of sp³-hybridized carbons (Fsp3) is 0.111. The minimum absolute atomic E-state index is 0.357. The van der Waals surface area contributed by atoms with Crippen molar-refractivity contribution < 1.29 is 13.9 Å². The van der Waals surface area contributed by atoms with Crippen LogP contribution >= 0.6 is 0 Å². The second-order valence-corrected chi connectivity index (χ2v) is 5.07. The van der Waals surface area contributed by atoms with Gasteiger partial charge >= 0.3 is 5.97 Å². The number of rotatable bonds is 2. The average Bonchev–Trinajstić information content (AvgIpc) is 2.53. The summed E-state index contributed by atoms with van der Waals surface area (Å²) in [6.45, 7) is 3.64. The van der Waals surface area contributed by atoms with Gasteiger partial charge in [0.05, 0.1) is 11.1 Å². The largest absolute Gasteiger partial charge is 0.422 e. The molecule has 0 N–H and O–H groups in total. The highest BCUT2D eigenvalue weighted by Crippen LogP contribution is 2.31. The molecule has 0 bridgehead atoms. The number of esters is 1. The lowest BCUT2D eigenvalue weighted by Gasteiger charge is -2.12. The Morgan fingerprint density at radius 3 is 2.55 bits per heavy atom. The highest BCUT2D eigenvalue weighted by Gasteiger charge is 2.16. The topological polar surface area (TPSA) is 39.2 Å². The lowest BCUT2D eigenvalue weighted by molar-refractivity contribution is 0.0735. The van der Waals surface area contributed by atoms with E-state index in [1.165, 1.54) is 12.1 Å². The van der Waals surface area contributed by atoms with E-state index in [1.807, 2.05) is 13.0 Å². The molecule has 0 saturated carbocycles. The smallest absolute Gasteiger partial charge is 0.343 e. The maximum atomic E-state index is 13.5. The van der Waals surface area contributed by atoms with E-state index >= 15 is 0 Å². The fourth-order valence-electron chi connectivity index (χ4n) is 2.28. The van der Waals surface area contributed by atoms with Crippen LogP contribution in [0.4, 0.5) is 4.39 Å². The zero-order valence-corrected chi connectivity index (χ0v) is 12.3. The number of pyridine rings is 1. The van der Waals surface area contributed by atoms with E-state index in [2.05, 4.69) is 4.98 Å². The molecular weight excluding hydrogens is 281 g/mol. The summed E-state index contributed by atoms with van der Waals surface area (Å²) in [4.78, 5) is 16.7. The number of halogens is 1. The van der Waals surface area contributed by atoms with E-state index in [0.717, 1.165) is 11.3 Å². The second kappa shape index (κ2) is 5.56. The van der Waals surface area contributed by atoms with E-state index in [9.17, 15) is 9.18 Å². The predicted molar refractivity (Wildman–Crippen MR) is 82.6 cm³/mol. The molecule has 3 nitrogen and oxygen atoms in total. The van der Waals surface area contributed by atoms with Crippen molar-refractivity contribution in [3.8, 4) is 5.75 Å². The molecule has 0 atom stereocenters. The molecule has 3 aromatic rings. The van der Waals surface area contributed by atoms with Gasteiger partial charge in [0.25, 0.3) is 0 Å². The summed E-state index contributed by atoms with van der Waals surface area (Å²) in [6.07, 6.45) is 0. The molecule has 22 heavy (non-hydrogen) atoms. The molecule has 4 heteroatoms. The first kappa shape index (κ1) is 14.2. The molecule has 0 spiro atoms. The monoisotopic (exact) mass is 295 g/mol. The van der Waals surface area contributed by atoms with E-state index in [4.69, 9.17) is 4.74 Å². The van der Waals surface area contributed by atoms with E-state index in [1.54, 1.807) is 37.3 Å². The van der Waals surface area contributed by atoms with E-state index in [-0.39, 0.29) is 0 Å². The molecule has 1 heterocycles. The number of nitrogens with zero attached hydrogens (tertiary/aromatic N) is 1. The Morgan fingerprint density at radius 2 is 1.82 bits per heavy atom. The quantitative estimate of drug-likeness (QED) is 0.665. The lowest BCUT2D eigenvalue weighted by Crippen LogP contribution is -2.10. The zero-order valence-electron chi connectivity index (χ0n) is 12.3. The van der Waals surface area contributed by atoms with E-state index in [0.29, 0.717) is 22.2 Å². The Kier molecular flexibility index (Phi) is 3.59. The van der Waals surface area contributed by atoms with Crippen LogP contribution in [0.15, 0.2) is 48.5 Å². The van der Waals surface area contributed by atoms with Gasteiger partial charge in [0.15, 0.2) is 0 Å². The number of fused-ring (bicyclic) bond motifs is 1. The van der Waals surface area contributed by atoms with E-state index < -0.39 is 11.8 Å². The van der Waals surface area contributed by atoms with Gasteiger partial charge in [-0.05, 0) is 44.2 Å².